The second-order valence-electron chi connectivity index (χ2n) is 3.77. The van der Waals surface area contributed by atoms with Gasteiger partial charge in [-0.25, -0.2) is 4.79 Å². The number of nitrogens with zero attached hydrogens (tertiary/aromatic N) is 2. The van der Waals surface area contributed by atoms with Crippen molar-refractivity contribution in [1.29, 1.82) is 0 Å². The quantitative estimate of drug-likeness (QED) is 0.512. The van der Waals surface area contributed by atoms with E-state index in [2.05, 4.69) is 15.6 Å². The third kappa shape index (κ3) is 1.07. The van der Waals surface area contributed by atoms with Gasteiger partial charge in [-0.05, 0) is 18.9 Å². The van der Waals surface area contributed by atoms with Crippen LogP contribution in [0.3, 0.4) is 0 Å². The molecule has 1 aromatic carbocycles. The summed E-state index contributed by atoms with van der Waals surface area (Å²) in [5.74, 6) is 0. The molecule has 0 atom stereocenters. The van der Waals surface area contributed by atoms with E-state index in [0.717, 1.165) is 30.5 Å². The summed E-state index contributed by atoms with van der Waals surface area (Å²) in [6.45, 7) is 1.03. The number of aryl methyl sites for hydroxylation is 1. The van der Waals surface area contributed by atoms with Crippen molar-refractivity contribution >= 4 is 22.7 Å². The maximum Gasteiger partial charge on any atom is 0.240 e. The number of hydrogen-bond acceptors (Lipinski definition) is 2. The minimum atomic E-state index is 0.818. The third-order valence-corrected chi connectivity index (χ3v) is 3.00. The lowest BCUT2D eigenvalue weighted by molar-refractivity contribution is 0.565. The summed E-state index contributed by atoms with van der Waals surface area (Å²) in [4.78, 5) is 14.3. The van der Waals surface area contributed by atoms with Crippen molar-refractivity contribution < 1.29 is 4.79 Å². The molecule has 0 bridgehead atoms. The summed E-state index contributed by atoms with van der Waals surface area (Å²) in [5.41, 5.74) is 3.18. The fraction of sp³-hybridized carbons (Fsp3) is 0.250. The van der Waals surface area contributed by atoms with Gasteiger partial charge in [0, 0.05) is 17.6 Å². The first-order valence-electron chi connectivity index (χ1n) is 5.10. The molecule has 1 aromatic heterocycles. The van der Waals surface area contributed by atoms with E-state index in [4.69, 9.17) is 0 Å². The van der Waals surface area contributed by atoms with Crippen LogP contribution < -0.4 is 0 Å². The number of aromatic nitrogens is 1. The Labute approximate surface area is 87.0 Å². The van der Waals surface area contributed by atoms with Crippen LogP contribution in [-0.4, -0.2) is 10.6 Å². The molecule has 3 nitrogen and oxygen atoms in total. The Kier molecular flexibility index (Phi) is 1.73. The molecule has 0 N–H and O–H groups in total. The molecule has 74 valence electrons. The van der Waals surface area contributed by atoms with Crippen LogP contribution in [0, 0.1) is 0 Å². The summed E-state index contributed by atoms with van der Waals surface area (Å²) in [5, 5.41) is 1.07. The largest absolute Gasteiger partial charge is 0.342 e. The van der Waals surface area contributed by atoms with Crippen LogP contribution in [0.5, 0.6) is 0 Å². The van der Waals surface area contributed by atoms with Gasteiger partial charge in [-0.3, -0.25) is 0 Å². The summed E-state index contributed by atoms with van der Waals surface area (Å²) in [6, 6.07) is 8.08. The summed E-state index contributed by atoms with van der Waals surface area (Å²) in [7, 11) is 0. The van der Waals surface area contributed by atoms with Crippen LogP contribution in [0.25, 0.3) is 10.9 Å². The lowest BCUT2D eigenvalue weighted by Gasteiger charge is -1.97. The van der Waals surface area contributed by atoms with Gasteiger partial charge in [-0.15, -0.1) is 0 Å². The molecular formula is C12H10N2O. The first-order chi connectivity index (χ1) is 7.42. The lowest BCUT2D eigenvalue weighted by Crippen LogP contribution is -1.89. The Morgan fingerprint density at radius 2 is 2.20 bits per heavy atom. The molecule has 15 heavy (non-hydrogen) atoms. The van der Waals surface area contributed by atoms with E-state index in [-0.39, 0.29) is 0 Å². The maximum atomic E-state index is 10.4. The smallest absolute Gasteiger partial charge is 0.240 e. The number of isocyanates is 1. The van der Waals surface area contributed by atoms with Crippen molar-refractivity contribution in [3.8, 4) is 0 Å². The number of hydrogen-bond donors (Lipinski definition) is 0. The fourth-order valence-electron chi connectivity index (χ4n) is 2.42. The minimum Gasteiger partial charge on any atom is -0.342 e. The number of rotatable bonds is 1. The van der Waals surface area contributed by atoms with Crippen molar-refractivity contribution in [2.24, 2.45) is 4.99 Å². The van der Waals surface area contributed by atoms with Gasteiger partial charge in [-0.1, -0.05) is 18.2 Å². The lowest BCUT2D eigenvalue weighted by atomic mass is 10.2. The van der Waals surface area contributed by atoms with Crippen LogP contribution in [0.15, 0.2) is 29.3 Å². The Hall–Kier alpha value is -1.86. The van der Waals surface area contributed by atoms with Gasteiger partial charge in [0.05, 0.1) is 5.52 Å². The molecule has 0 spiro atoms. The summed E-state index contributed by atoms with van der Waals surface area (Å²) >= 11 is 0. The van der Waals surface area contributed by atoms with Gasteiger partial charge >= 0.3 is 0 Å². The van der Waals surface area contributed by atoms with E-state index >= 15 is 0 Å². The molecule has 0 fully saturated rings. The molecule has 3 rings (SSSR count). The Balaban J connectivity index is 2.46. The zero-order valence-corrected chi connectivity index (χ0v) is 8.23. The molecule has 0 unspecified atom stereocenters. The maximum absolute atomic E-state index is 10.4. The van der Waals surface area contributed by atoms with Crippen LogP contribution in [0.4, 0.5) is 5.69 Å². The predicted molar refractivity (Wildman–Crippen MR) is 58.0 cm³/mol. The normalized spacial score (nSPS) is 13.9. The van der Waals surface area contributed by atoms with E-state index < -0.39 is 0 Å². The van der Waals surface area contributed by atoms with Gasteiger partial charge in [0.2, 0.25) is 6.08 Å². The van der Waals surface area contributed by atoms with Crippen LogP contribution >= 0.6 is 0 Å². The highest BCUT2D eigenvalue weighted by Crippen LogP contribution is 2.36. The molecule has 1 aliphatic heterocycles. The van der Waals surface area contributed by atoms with Crippen molar-refractivity contribution in [3.63, 3.8) is 0 Å². The minimum absolute atomic E-state index is 0.818. The zero-order chi connectivity index (χ0) is 10.3. The van der Waals surface area contributed by atoms with E-state index in [0.29, 0.717) is 0 Å². The monoisotopic (exact) mass is 198 g/mol. The van der Waals surface area contributed by atoms with Crippen LogP contribution in [0.1, 0.15) is 12.1 Å². The van der Waals surface area contributed by atoms with Crippen molar-refractivity contribution in [2.75, 3.05) is 0 Å². The van der Waals surface area contributed by atoms with E-state index in [1.54, 1.807) is 6.08 Å². The fourth-order valence-corrected chi connectivity index (χ4v) is 2.42. The van der Waals surface area contributed by atoms with E-state index in [1.165, 1.54) is 11.2 Å². The molecule has 0 amide bonds. The van der Waals surface area contributed by atoms with Crippen LogP contribution in [-0.2, 0) is 17.8 Å². The Bertz CT molecular complexity index is 577. The summed E-state index contributed by atoms with van der Waals surface area (Å²) < 4.78 is 2.26. The first kappa shape index (κ1) is 8.45. The van der Waals surface area contributed by atoms with Gasteiger partial charge < -0.3 is 4.57 Å². The molecule has 0 saturated heterocycles. The van der Waals surface area contributed by atoms with Gasteiger partial charge in [0.1, 0.15) is 5.69 Å². The highest BCUT2D eigenvalue weighted by Gasteiger charge is 2.20. The molecule has 0 saturated carbocycles. The van der Waals surface area contributed by atoms with Crippen LogP contribution in [0.2, 0.25) is 0 Å². The molecule has 1 aliphatic rings. The van der Waals surface area contributed by atoms with E-state index in [9.17, 15) is 4.79 Å². The number of benzene rings is 1. The molecule has 2 heterocycles. The average Bonchev–Trinajstić information content (AvgIpc) is 2.82. The van der Waals surface area contributed by atoms with Gasteiger partial charge in [-0.2, -0.15) is 4.99 Å². The standard InChI is InChI=1S/C12H10N2O/c15-8-13-12-9-4-1-2-5-10(9)14-7-3-6-11(12)14/h1-2,4-5H,3,6-7H2. The number of aliphatic imine (C=N–C) groups is 1. The molecule has 0 aliphatic carbocycles. The van der Waals surface area contributed by atoms with Crippen molar-refractivity contribution in [2.45, 2.75) is 19.4 Å². The second kappa shape index (κ2) is 3.07. The predicted octanol–water partition coefficient (Wildman–Crippen LogP) is 2.55. The summed E-state index contributed by atoms with van der Waals surface area (Å²) in [6.07, 6.45) is 3.80. The zero-order valence-electron chi connectivity index (χ0n) is 8.23. The molecule has 0 radical (unpaired) electrons. The number of para-hydroxylation sites is 1. The highest BCUT2D eigenvalue weighted by atomic mass is 16.1. The molecule has 2 aromatic rings. The number of carbonyl (C=O) groups excluding carboxylic acids is 1. The molecule has 3 heteroatoms. The molecular weight excluding hydrogens is 188 g/mol. The Morgan fingerprint density at radius 1 is 1.33 bits per heavy atom. The second-order valence-corrected chi connectivity index (χ2v) is 3.77. The van der Waals surface area contributed by atoms with Crippen molar-refractivity contribution in [1.82, 2.24) is 4.57 Å². The topological polar surface area (TPSA) is 34.4 Å². The van der Waals surface area contributed by atoms with Gasteiger partial charge in [0.25, 0.3) is 0 Å². The first-order valence-corrected chi connectivity index (χ1v) is 5.10. The highest BCUT2D eigenvalue weighted by molar-refractivity contribution is 5.94. The van der Waals surface area contributed by atoms with E-state index in [1.807, 2.05) is 18.2 Å². The third-order valence-electron chi connectivity index (χ3n) is 3.00. The Morgan fingerprint density at radius 3 is 3.07 bits per heavy atom. The SMILES string of the molecule is O=C=Nc1c2n(c3ccccc13)CCC2. The van der Waals surface area contributed by atoms with Gasteiger partial charge in [0.15, 0.2) is 0 Å². The number of fused-ring (bicyclic) bond motifs is 3. The average molecular weight is 198 g/mol. The van der Waals surface area contributed by atoms with Crippen molar-refractivity contribution in [3.05, 3.63) is 30.0 Å².